The Balaban J connectivity index is 0.759. The van der Waals surface area contributed by atoms with Gasteiger partial charge in [-0.1, -0.05) is 35.1 Å². The number of carbonyl (C=O) groups is 4. The number of hydrogen-bond acceptors (Lipinski definition) is 12. The molecule has 6 heterocycles. The molecule has 2 unspecified atom stereocenters. The van der Waals surface area contributed by atoms with Crippen LogP contribution in [0.5, 0.6) is 0 Å². The fourth-order valence-electron chi connectivity index (χ4n) is 8.40. The lowest BCUT2D eigenvalue weighted by atomic mass is 10.1. The van der Waals surface area contributed by atoms with Crippen molar-refractivity contribution in [2.45, 2.75) is 64.5 Å². The second-order valence-corrected chi connectivity index (χ2v) is 16.8. The monoisotopic (exact) mass is 825 g/mol. The van der Waals surface area contributed by atoms with Crippen LogP contribution < -0.4 is 30.7 Å². The van der Waals surface area contributed by atoms with Crippen LogP contribution in [0.15, 0.2) is 54.7 Å². The summed E-state index contributed by atoms with van der Waals surface area (Å²) in [5, 5.41) is 9.57. The predicted molar refractivity (Wildman–Crippen MR) is 227 cm³/mol. The third kappa shape index (κ3) is 8.88. The number of nitrogens with one attached hydrogen (secondary N) is 3. The first-order chi connectivity index (χ1) is 28.1. The third-order valence-electron chi connectivity index (χ3n) is 11.4. The van der Waals surface area contributed by atoms with E-state index in [0.717, 1.165) is 94.3 Å². The number of hydrogen-bond donors (Lipinski definition) is 3. The van der Waals surface area contributed by atoms with Gasteiger partial charge in [-0.15, -0.1) is 0 Å². The van der Waals surface area contributed by atoms with Gasteiger partial charge in [-0.05, 0) is 82.0 Å². The van der Waals surface area contributed by atoms with E-state index < -0.39 is 0 Å². The van der Waals surface area contributed by atoms with Gasteiger partial charge in [-0.3, -0.25) is 29.5 Å². The van der Waals surface area contributed by atoms with Crippen molar-refractivity contribution in [2.75, 3.05) is 77.7 Å². The maximum absolute atomic E-state index is 13.4. The van der Waals surface area contributed by atoms with Gasteiger partial charge < -0.3 is 25.3 Å². The number of thiazole rings is 1. The Morgan fingerprint density at radius 3 is 2.40 bits per heavy atom. The number of aryl methyl sites for hydroxylation is 2. The molecule has 8 rings (SSSR count). The highest BCUT2D eigenvalue weighted by Gasteiger charge is 2.41. The number of rotatable bonds is 12. The lowest BCUT2D eigenvalue weighted by Crippen LogP contribution is -2.55. The summed E-state index contributed by atoms with van der Waals surface area (Å²) in [7, 11) is 0. The Bertz CT molecular complexity index is 2140. The highest BCUT2D eigenvalue weighted by atomic mass is 35.5. The molecule has 4 saturated heterocycles. The van der Waals surface area contributed by atoms with Crippen LogP contribution in [0.3, 0.4) is 0 Å². The Hall–Kier alpha value is -5.32. The molecular formula is C41H48ClN11O4S. The molecule has 0 radical (unpaired) electrons. The van der Waals surface area contributed by atoms with Gasteiger partial charge in [-0.25, -0.2) is 19.7 Å². The van der Waals surface area contributed by atoms with Crippen LogP contribution in [0.2, 0.25) is 5.02 Å². The number of nitrogens with zero attached hydrogens (tertiary/aromatic N) is 8. The molecule has 4 fully saturated rings. The van der Waals surface area contributed by atoms with E-state index in [4.69, 9.17) is 16.6 Å². The Labute approximate surface area is 346 Å². The molecule has 2 bridgehead atoms. The Kier molecular flexibility index (Phi) is 11.8. The molecule has 0 spiro atoms. The minimum absolute atomic E-state index is 0.240. The number of carbonyl (C=O) groups excluding carboxylic acids is 4. The maximum atomic E-state index is 13.4. The van der Waals surface area contributed by atoms with Gasteiger partial charge >= 0.3 is 6.03 Å². The quantitative estimate of drug-likeness (QED) is 0.148. The summed E-state index contributed by atoms with van der Waals surface area (Å²) < 4.78 is 0. The van der Waals surface area contributed by atoms with E-state index >= 15 is 0 Å². The van der Waals surface area contributed by atoms with Gasteiger partial charge in [0.25, 0.3) is 5.91 Å². The molecule has 17 heteroatoms. The van der Waals surface area contributed by atoms with E-state index in [1.807, 2.05) is 44.2 Å². The zero-order valence-corrected chi connectivity index (χ0v) is 34.3. The molecule has 2 atom stereocenters. The van der Waals surface area contributed by atoms with E-state index in [9.17, 15) is 19.2 Å². The van der Waals surface area contributed by atoms with Crippen LogP contribution in [0.4, 0.5) is 38.6 Å². The van der Waals surface area contributed by atoms with E-state index in [2.05, 4.69) is 57.7 Å². The van der Waals surface area contributed by atoms with Crippen LogP contribution in [0.1, 0.15) is 59.6 Å². The fraction of sp³-hybridized carbons (Fsp3) is 0.439. The largest absolute Gasteiger partial charge is 0.362 e. The van der Waals surface area contributed by atoms with Gasteiger partial charge in [0.05, 0.1) is 16.9 Å². The number of amides is 5. The minimum Gasteiger partial charge on any atom is -0.362 e. The number of likely N-dealkylation sites (tertiary alicyclic amines) is 1. The summed E-state index contributed by atoms with van der Waals surface area (Å²) in [5.74, 6) is 1.84. The van der Waals surface area contributed by atoms with Crippen molar-refractivity contribution in [2.24, 2.45) is 0 Å². The number of para-hydroxylation sites is 1. The number of imide groups is 1. The number of piperazine rings is 2. The summed E-state index contributed by atoms with van der Waals surface area (Å²) >= 11 is 7.54. The molecule has 3 N–H and O–H groups in total. The Morgan fingerprint density at radius 2 is 1.67 bits per heavy atom. The van der Waals surface area contributed by atoms with Gasteiger partial charge in [0.15, 0.2) is 5.13 Å². The van der Waals surface area contributed by atoms with Gasteiger partial charge in [0, 0.05) is 88.2 Å². The normalized spacial score (nSPS) is 19.7. The van der Waals surface area contributed by atoms with Crippen molar-refractivity contribution in [3.05, 3.63) is 76.0 Å². The van der Waals surface area contributed by atoms with Crippen molar-refractivity contribution < 1.29 is 19.2 Å². The summed E-state index contributed by atoms with van der Waals surface area (Å²) in [6.07, 6.45) is 6.36. The topological polar surface area (TPSA) is 159 Å². The second-order valence-electron chi connectivity index (χ2n) is 15.3. The molecule has 15 nitrogen and oxygen atoms in total. The van der Waals surface area contributed by atoms with Gasteiger partial charge in [-0.2, -0.15) is 0 Å². The number of aromatic nitrogens is 3. The van der Waals surface area contributed by atoms with E-state index in [-0.39, 0.29) is 35.8 Å². The highest BCUT2D eigenvalue weighted by molar-refractivity contribution is 7.17. The molecule has 4 aliphatic heterocycles. The number of anilines is 6. The highest BCUT2D eigenvalue weighted by Crippen LogP contribution is 2.36. The molecule has 58 heavy (non-hydrogen) atoms. The zero-order chi connectivity index (χ0) is 40.3. The fourth-order valence-corrected chi connectivity index (χ4v) is 9.39. The number of halogens is 1. The van der Waals surface area contributed by atoms with E-state index in [1.54, 1.807) is 17.2 Å². The van der Waals surface area contributed by atoms with Crippen LogP contribution in [0.25, 0.3) is 0 Å². The smallest absolute Gasteiger partial charge is 0.328 e. The molecule has 4 aliphatic rings. The van der Waals surface area contributed by atoms with Gasteiger partial charge in [0.2, 0.25) is 11.8 Å². The number of benzene rings is 2. The van der Waals surface area contributed by atoms with Crippen LogP contribution >= 0.6 is 22.9 Å². The van der Waals surface area contributed by atoms with Crippen molar-refractivity contribution in [1.82, 2.24) is 30.1 Å². The summed E-state index contributed by atoms with van der Waals surface area (Å²) in [6, 6.07) is 15.6. The lowest BCUT2D eigenvalue weighted by molar-refractivity contribution is -0.132. The molecule has 0 saturated carbocycles. The SMILES string of the molecule is Cc1nc(Nc2ncc(C(=O)Nc3c(C)cccc3Cl)s2)cc(N2CCN(CCCCC(=O)N3CC4CCC(C3)N4c3ccc(N4CCC(=O)NC4=O)cc3)CC2)n1. The molecule has 2 aromatic heterocycles. The van der Waals surface area contributed by atoms with Crippen molar-refractivity contribution in [3.63, 3.8) is 0 Å². The van der Waals surface area contributed by atoms with Crippen LogP contribution in [-0.4, -0.2) is 113 Å². The summed E-state index contributed by atoms with van der Waals surface area (Å²) in [4.78, 5) is 75.1. The third-order valence-corrected chi connectivity index (χ3v) is 12.6. The second kappa shape index (κ2) is 17.3. The average Bonchev–Trinajstić information content (AvgIpc) is 3.78. The van der Waals surface area contributed by atoms with Crippen molar-refractivity contribution >= 4 is 80.5 Å². The lowest BCUT2D eigenvalue weighted by Gasteiger charge is -2.42. The zero-order valence-electron chi connectivity index (χ0n) is 32.7. The predicted octanol–water partition coefficient (Wildman–Crippen LogP) is 5.82. The first-order valence-corrected chi connectivity index (χ1v) is 21.2. The maximum Gasteiger partial charge on any atom is 0.328 e. The van der Waals surface area contributed by atoms with E-state index in [1.165, 1.54) is 11.3 Å². The van der Waals surface area contributed by atoms with Crippen molar-refractivity contribution in [1.29, 1.82) is 0 Å². The molecular weight excluding hydrogens is 778 g/mol. The molecule has 5 amide bonds. The Morgan fingerprint density at radius 1 is 0.931 bits per heavy atom. The van der Waals surface area contributed by atoms with Crippen LogP contribution in [0, 0.1) is 13.8 Å². The molecule has 304 valence electrons. The average molecular weight is 826 g/mol. The first-order valence-electron chi connectivity index (χ1n) is 20.0. The van der Waals surface area contributed by atoms with Crippen molar-refractivity contribution in [3.8, 4) is 0 Å². The van der Waals surface area contributed by atoms with Crippen LogP contribution in [-0.2, 0) is 9.59 Å². The number of unbranched alkanes of at least 4 members (excludes halogenated alkanes) is 1. The summed E-state index contributed by atoms with van der Waals surface area (Å²) in [6.45, 7) is 10.1. The summed E-state index contributed by atoms with van der Waals surface area (Å²) in [5.41, 5.74) is 3.36. The minimum atomic E-state index is -0.379. The van der Waals surface area contributed by atoms with Gasteiger partial charge in [0.1, 0.15) is 22.3 Å². The standard InChI is InChI=1S/C41H48ClN11O4S/c1-26-6-5-7-32(42)38(26)48-39(56)33-23-43-40(58-33)46-34-22-35(45-27(2)44-34)50-20-18-49(19-21-50)16-4-3-8-37(55)51-24-30-13-14-31(25-51)53(30)29-11-9-28(10-12-29)52-17-15-36(54)47-41(52)57/h5-7,9-12,22-23,30-31H,3-4,8,13-21,24-25H2,1-2H3,(H,48,56)(H,47,54,57)(H,43,44,45,46). The molecule has 4 aromatic rings. The first kappa shape index (κ1) is 39.5. The number of fused-ring (bicyclic) bond motifs is 2. The molecule has 2 aromatic carbocycles. The van der Waals surface area contributed by atoms with E-state index in [0.29, 0.717) is 51.7 Å². The number of urea groups is 1. The molecule has 0 aliphatic carbocycles.